The number of nitrogens with one attached hydrogen (secondary N) is 2. The van der Waals surface area contributed by atoms with Gasteiger partial charge in [-0.15, -0.1) is 0 Å². The van der Waals surface area contributed by atoms with E-state index >= 15 is 0 Å². The summed E-state index contributed by atoms with van der Waals surface area (Å²) >= 11 is 0. The minimum Gasteiger partial charge on any atom is -0.398 e. The summed E-state index contributed by atoms with van der Waals surface area (Å²) in [6, 6.07) is 26.9. The first-order valence-corrected chi connectivity index (χ1v) is 11.3. The van der Waals surface area contributed by atoms with Crippen molar-refractivity contribution in [2.45, 2.75) is 6.42 Å². The Hall–Kier alpha value is -5.00. The predicted octanol–water partition coefficient (Wildman–Crippen LogP) is 4.41. The number of nitrogens with zero attached hydrogens (tertiary/aromatic N) is 2. The third-order valence-electron chi connectivity index (χ3n) is 5.46. The first-order valence-electron chi connectivity index (χ1n) is 11.3. The maximum absolute atomic E-state index is 12.9. The molecule has 0 unspecified atom stereocenters. The molecule has 36 heavy (non-hydrogen) atoms. The molecule has 3 aromatic carbocycles. The van der Waals surface area contributed by atoms with Gasteiger partial charge >= 0.3 is 0 Å². The summed E-state index contributed by atoms with van der Waals surface area (Å²) in [5.74, 6) is -0.496. The van der Waals surface area contributed by atoms with Crippen LogP contribution >= 0.6 is 0 Å². The number of amides is 2. The molecule has 0 aliphatic rings. The molecule has 8 nitrogen and oxygen atoms in total. The Balaban J connectivity index is 1.85. The number of nitrogens with two attached hydrogens (primary N) is 2. The number of carbonyl (C=O) groups excluding carboxylic acids is 2. The van der Waals surface area contributed by atoms with E-state index in [1.807, 2.05) is 30.3 Å². The van der Waals surface area contributed by atoms with Gasteiger partial charge in [-0.05, 0) is 42.0 Å². The summed E-state index contributed by atoms with van der Waals surface area (Å²) in [4.78, 5) is 29.6. The highest BCUT2D eigenvalue weighted by atomic mass is 16.2. The minimum atomic E-state index is -0.397. The zero-order valence-electron chi connectivity index (χ0n) is 19.4. The molecule has 0 aliphatic heterocycles. The van der Waals surface area contributed by atoms with E-state index in [-0.39, 0.29) is 30.3 Å². The van der Waals surface area contributed by atoms with Gasteiger partial charge in [0.15, 0.2) is 5.82 Å². The van der Waals surface area contributed by atoms with Crippen LogP contribution in [0.15, 0.2) is 84.9 Å². The van der Waals surface area contributed by atoms with Crippen LogP contribution in [0.1, 0.15) is 22.3 Å². The van der Waals surface area contributed by atoms with Crippen LogP contribution in [0.5, 0.6) is 0 Å². The van der Waals surface area contributed by atoms with Crippen molar-refractivity contribution >= 4 is 29.0 Å². The molecule has 0 fully saturated rings. The Morgan fingerprint density at radius 3 is 2.36 bits per heavy atom. The first-order chi connectivity index (χ1) is 17.5. The number of para-hydroxylation sites is 1. The van der Waals surface area contributed by atoms with Crippen molar-refractivity contribution in [3.63, 3.8) is 0 Å². The van der Waals surface area contributed by atoms with E-state index in [1.54, 1.807) is 54.6 Å². The fraction of sp³-hybridized carbons (Fsp3) is 0.0714. The molecule has 178 valence electrons. The zero-order chi connectivity index (χ0) is 25.5. The molecule has 0 saturated heterocycles. The molecular formula is C28H24N6O2. The topological polar surface area (TPSA) is 147 Å². The third-order valence-corrected chi connectivity index (χ3v) is 5.46. The Morgan fingerprint density at radius 2 is 1.64 bits per heavy atom. The zero-order valence-corrected chi connectivity index (χ0v) is 19.4. The van der Waals surface area contributed by atoms with Crippen LogP contribution in [0.4, 0.5) is 17.2 Å². The van der Waals surface area contributed by atoms with E-state index in [1.165, 1.54) is 0 Å². The molecule has 0 saturated carbocycles. The number of carbonyl (C=O) groups is 2. The Morgan fingerprint density at radius 1 is 0.889 bits per heavy atom. The Labute approximate surface area is 208 Å². The average molecular weight is 477 g/mol. The number of nitrogen functional groups attached to an aromatic ring is 1. The van der Waals surface area contributed by atoms with E-state index < -0.39 is 5.91 Å². The number of rotatable bonds is 7. The molecule has 4 aromatic rings. The molecule has 2 amide bonds. The summed E-state index contributed by atoms with van der Waals surface area (Å²) in [6.07, 6.45) is 0.191. The summed E-state index contributed by atoms with van der Waals surface area (Å²) < 4.78 is 0. The van der Waals surface area contributed by atoms with Gasteiger partial charge in [-0.2, -0.15) is 5.26 Å². The second-order valence-corrected chi connectivity index (χ2v) is 7.97. The predicted molar refractivity (Wildman–Crippen MR) is 141 cm³/mol. The fourth-order valence-electron chi connectivity index (χ4n) is 3.73. The largest absolute Gasteiger partial charge is 0.398 e. The van der Waals surface area contributed by atoms with Crippen LogP contribution in [-0.2, 0) is 4.79 Å². The van der Waals surface area contributed by atoms with Crippen LogP contribution < -0.4 is 22.1 Å². The quantitative estimate of drug-likeness (QED) is 0.291. The van der Waals surface area contributed by atoms with Gasteiger partial charge in [0.1, 0.15) is 11.6 Å². The van der Waals surface area contributed by atoms with E-state index in [9.17, 15) is 14.9 Å². The van der Waals surface area contributed by atoms with E-state index in [2.05, 4.69) is 21.7 Å². The lowest BCUT2D eigenvalue weighted by Gasteiger charge is -2.15. The molecule has 0 bridgehead atoms. The molecule has 1 aromatic heterocycles. The lowest BCUT2D eigenvalue weighted by Crippen LogP contribution is -2.16. The van der Waals surface area contributed by atoms with E-state index in [0.29, 0.717) is 39.3 Å². The molecule has 6 N–H and O–H groups in total. The summed E-state index contributed by atoms with van der Waals surface area (Å²) in [7, 11) is 0. The highest BCUT2D eigenvalue weighted by Gasteiger charge is 2.19. The maximum Gasteiger partial charge on any atom is 0.256 e. The Kier molecular flexibility index (Phi) is 7.34. The van der Waals surface area contributed by atoms with Crippen LogP contribution in [0.2, 0.25) is 0 Å². The fourth-order valence-corrected chi connectivity index (χ4v) is 3.73. The number of aromatic nitrogens is 1. The monoisotopic (exact) mass is 476 g/mol. The van der Waals surface area contributed by atoms with Gasteiger partial charge in [0.2, 0.25) is 5.91 Å². The van der Waals surface area contributed by atoms with Gasteiger partial charge < -0.3 is 22.1 Å². The second-order valence-electron chi connectivity index (χ2n) is 7.97. The van der Waals surface area contributed by atoms with Gasteiger partial charge in [0, 0.05) is 41.0 Å². The minimum absolute atomic E-state index is 0.111. The first kappa shape index (κ1) is 24.1. The van der Waals surface area contributed by atoms with Crippen LogP contribution in [0.3, 0.4) is 0 Å². The lowest BCUT2D eigenvalue weighted by molar-refractivity contribution is -0.116. The average Bonchev–Trinajstić information content (AvgIpc) is 2.89. The molecular weight excluding hydrogens is 452 g/mol. The highest BCUT2D eigenvalue weighted by molar-refractivity contribution is 6.05. The number of hydrogen-bond acceptors (Lipinski definition) is 6. The molecule has 0 atom stereocenters. The number of pyridine rings is 1. The summed E-state index contributed by atoms with van der Waals surface area (Å²) in [6.45, 7) is 0.237. The maximum atomic E-state index is 12.9. The van der Waals surface area contributed by atoms with Crippen molar-refractivity contribution in [2.75, 3.05) is 22.9 Å². The molecule has 4 rings (SSSR count). The van der Waals surface area contributed by atoms with Crippen LogP contribution in [-0.4, -0.2) is 23.3 Å². The van der Waals surface area contributed by atoms with Gasteiger partial charge in [0.05, 0.1) is 5.69 Å². The van der Waals surface area contributed by atoms with Crippen molar-refractivity contribution in [1.82, 2.24) is 4.98 Å². The van der Waals surface area contributed by atoms with Gasteiger partial charge in [0.25, 0.3) is 5.91 Å². The smallest absolute Gasteiger partial charge is 0.256 e. The van der Waals surface area contributed by atoms with Gasteiger partial charge in [-0.3, -0.25) is 9.59 Å². The molecule has 8 heteroatoms. The van der Waals surface area contributed by atoms with Crippen molar-refractivity contribution in [2.24, 2.45) is 5.73 Å². The van der Waals surface area contributed by atoms with E-state index in [4.69, 9.17) is 11.5 Å². The summed E-state index contributed by atoms with van der Waals surface area (Å²) in [5.41, 5.74) is 15.7. The van der Waals surface area contributed by atoms with Crippen molar-refractivity contribution in [3.05, 3.63) is 96.1 Å². The number of benzene rings is 3. The highest BCUT2D eigenvalue weighted by Crippen LogP contribution is 2.35. The number of nitriles is 1. The molecule has 0 spiro atoms. The molecule has 0 radical (unpaired) electrons. The normalized spacial score (nSPS) is 10.3. The second kappa shape index (κ2) is 11.0. The van der Waals surface area contributed by atoms with Crippen molar-refractivity contribution in [1.29, 1.82) is 5.26 Å². The van der Waals surface area contributed by atoms with Gasteiger partial charge in [-0.1, -0.05) is 48.5 Å². The number of anilines is 3. The lowest BCUT2D eigenvalue weighted by atomic mass is 9.97. The third kappa shape index (κ3) is 5.38. The van der Waals surface area contributed by atoms with Crippen molar-refractivity contribution < 1.29 is 9.59 Å². The van der Waals surface area contributed by atoms with E-state index in [0.717, 1.165) is 0 Å². The summed E-state index contributed by atoms with van der Waals surface area (Å²) in [5, 5.41) is 15.7. The molecule has 1 heterocycles. The molecule has 0 aliphatic carbocycles. The van der Waals surface area contributed by atoms with Crippen LogP contribution in [0.25, 0.3) is 22.4 Å². The van der Waals surface area contributed by atoms with Gasteiger partial charge in [-0.25, -0.2) is 4.98 Å². The van der Waals surface area contributed by atoms with Crippen molar-refractivity contribution in [3.8, 4) is 28.5 Å². The Bertz CT molecular complexity index is 1460. The van der Waals surface area contributed by atoms with Crippen LogP contribution in [0, 0.1) is 11.3 Å². The SMILES string of the molecule is N#Cc1c(-c2cccc(NC(=O)CCN)c2)cc(-c2ccccc2N)nc1NC(=O)c1ccccc1. The standard InChI is InChI=1S/C28H24N6O2/c29-14-13-26(35)32-20-10-6-9-19(15-20)22-16-25(21-11-4-5-12-24(21)31)33-27(23(22)17-30)34-28(36)18-7-2-1-3-8-18/h1-12,15-16H,13-14,29,31H2,(H,32,35)(H,33,34,36). The number of hydrogen-bond donors (Lipinski definition) is 4.